The summed E-state index contributed by atoms with van der Waals surface area (Å²) in [6.45, 7) is 16.1. The monoisotopic (exact) mass is 714 g/mol. The summed E-state index contributed by atoms with van der Waals surface area (Å²) >= 11 is 0. The molecule has 1 amide bonds. The van der Waals surface area contributed by atoms with E-state index in [1.807, 2.05) is 77.9 Å². The van der Waals surface area contributed by atoms with Gasteiger partial charge in [0.2, 0.25) is 0 Å². The second-order valence-electron chi connectivity index (χ2n) is 15.5. The van der Waals surface area contributed by atoms with Crippen LogP contribution in [0.25, 0.3) is 21.8 Å². The van der Waals surface area contributed by atoms with Crippen molar-refractivity contribution in [1.29, 1.82) is 0 Å². The topological polar surface area (TPSA) is 141 Å². The Balaban J connectivity index is 1.48. The molecular weight excluding hydrogens is 660 g/mol. The van der Waals surface area contributed by atoms with E-state index >= 15 is 0 Å². The maximum atomic E-state index is 14.1. The van der Waals surface area contributed by atoms with Gasteiger partial charge in [0.25, 0.3) is 0 Å². The van der Waals surface area contributed by atoms with Crippen LogP contribution in [0.4, 0.5) is 4.79 Å². The Morgan fingerprint density at radius 3 is 1.87 bits per heavy atom. The number of amides is 1. The summed E-state index contributed by atoms with van der Waals surface area (Å²) in [5.41, 5.74) is 1.60. The van der Waals surface area contributed by atoms with Gasteiger partial charge in [-0.3, -0.25) is 24.7 Å². The lowest BCUT2D eigenvalue weighted by Crippen LogP contribution is -2.54. The molecule has 1 aliphatic rings. The van der Waals surface area contributed by atoms with Crippen LogP contribution >= 0.6 is 0 Å². The fourth-order valence-electron chi connectivity index (χ4n) is 6.56. The molecule has 12 heteroatoms. The van der Waals surface area contributed by atoms with Crippen molar-refractivity contribution in [3.63, 3.8) is 0 Å². The van der Waals surface area contributed by atoms with Crippen molar-refractivity contribution in [2.75, 3.05) is 45.8 Å². The smallest absolute Gasteiger partial charge is 0.411 e. The molecule has 0 saturated carbocycles. The lowest BCUT2D eigenvalue weighted by molar-refractivity contribution is -0.162. The highest BCUT2D eigenvalue weighted by molar-refractivity contribution is 5.88. The minimum atomic E-state index is -0.939. The predicted octanol–water partition coefficient (Wildman–Crippen LogP) is 5.83. The first-order chi connectivity index (χ1) is 24.7. The van der Waals surface area contributed by atoms with E-state index in [4.69, 9.17) is 9.47 Å². The van der Waals surface area contributed by atoms with E-state index in [0.29, 0.717) is 50.2 Å². The minimum absolute atomic E-state index is 0.101. The third-order valence-electron chi connectivity index (χ3n) is 8.89. The van der Waals surface area contributed by atoms with Crippen LogP contribution in [0.2, 0.25) is 0 Å². The number of phenols is 2. The van der Waals surface area contributed by atoms with E-state index in [1.54, 1.807) is 24.5 Å². The van der Waals surface area contributed by atoms with Gasteiger partial charge >= 0.3 is 12.1 Å². The Morgan fingerprint density at radius 1 is 0.731 bits per heavy atom. The second-order valence-corrected chi connectivity index (χ2v) is 15.5. The number of fused-ring (bicyclic) bond motifs is 2. The average Bonchev–Trinajstić information content (AvgIpc) is 3.07. The van der Waals surface area contributed by atoms with Gasteiger partial charge < -0.3 is 25.0 Å². The molecule has 3 N–H and O–H groups in total. The summed E-state index contributed by atoms with van der Waals surface area (Å²) in [6.07, 6.45) is 4.14. The number of nitrogens with zero attached hydrogens (tertiary/aromatic N) is 5. The van der Waals surface area contributed by atoms with Crippen LogP contribution < -0.4 is 5.32 Å². The summed E-state index contributed by atoms with van der Waals surface area (Å²) in [6, 6.07) is 13.9. The number of rotatable bonds is 5. The Kier molecular flexibility index (Phi) is 12.6. The van der Waals surface area contributed by atoms with Gasteiger partial charge in [0.15, 0.2) is 0 Å². The van der Waals surface area contributed by atoms with Crippen molar-refractivity contribution in [2.45, 2.75) is 84.7 Å². The Labute approximate surface area is 306 Å². The Bertz CT molecular complexity index is 1840. The molecule has 0 aliphatic carbocycles. The lowest BCUT2D eigenvalue weighted by Gasteiger charge is -2.37. The molecule has 280 valence electrons. The van der Waals surface area contributed by atoms with E-state index in [2.05, 4.69) is 25.1 Å². The van der Waals surface area contributed by atoms with Crippen LogP contribution in [0, 0.1) is 0 Å². The third kappa shape index (κ3) is 10.5. The van der Waals surface area contributed by atoms with Gasteiger partial charge in [-0.25, -0.2) is 9.59 Å². The summed E-state index contributed by atoms with van der Waals surface area (Å²) in [5.74, 6) is -0.228. The number of phenolic OH excluding ortho intramolecular Hbond substituents is 2. The summed E-state index contributed by atoms with van der Waals surface area (Å²) in [4.78, 5) is 42.9. The highest BCUT2D eigenvalue weighted by Gasteiger charge is 2.37. The van der Waals surface area contributed by atoms with E-state index in [0.717, 1.165) is 48.0 Å². The molecule has 52 heavy (non-hydrogen) atoms. The fourth-order valence-corrected chi connectivity index (χ4v) is 6.56. The van der Waals surface area contributed by atoms with Crippen molar-refractivity contribution in [2.24, 2.45) is 0 Å². The van der Waals surface area contributed by atoms with Crippen LogP contribution in [0.15, 0.2) is 60.9 Å². The number of esters is 1. The number of hydrogen-bond donors (Lipinski definition) is 3. The highest BCUT2D eigenvalue weighted by atomic mass is 16.6. The molecule has 1 fully saturated rings. The molecule has 0 spiro atoms. The number of carbonyl (C=O) groups is 2. The number of aromatic hydroxyl groups is 2. The molecule has 1 aliphatic heterocycles. The largest absolute Gasteiger partial charge is 0.506 e. The molecular formula is C40H54N6O6. The van der Waals surface area contributed by atoms with Crippen molar-refractivity contribution >= 4 is 33.9 Å². The van der Waals surface area contributed by atoms with Gasteiger partial charge in [0.1, 0.15) is 39.8 Å². The van der Waals surface area contributed by atoms with E-state index in [9.17, 15) is 19.8 Å². The average molecular weight is 715 g/mol. The van der Waals surface area contributed by atoms with Crippen LogP contribution in [-0.4, -0.2) is 110 Å². The molecule has 4 aromatic rings. The summed E-state index contributed by atoms with van der Waals surface area (Å²) in [7, 11) is 0. The van der Waals surface area contributed by atoms with Crippen LogP contribution in [0.5, 0.6) is 11.5 Å². The lowest BCUT2D eigenvalue weighted by atomic mass is 10.1. The first-order valence-electron chi connectivity index (χ1n) is 18.2. The Morgan fingerprint density at radius 2 is 1.29 bits per heavy atom. The van der Waals surface area contributed by atoms with Crippen molar-refractivity contribution in [3.8, 4) is 11.5 Å². The molecule has 1 atom stereocenters. The number of aromatic nitrogens is 2. The molecule has 0 bridgehead atoms. The zero-order chi connectivity index (χ0) is 37.5. The van der Waals surface area contributed by atoms with E-state index in [-0.39, 0.29) is 18.0 Å². The maximum Gasteiger partial charge on any atom is 0.411 e. The fraction of sp³-hybridized carbons (Fsp3) is 0.500. The van der Waals surface area contributed by atoms with Crippen molar-refractivity contribution < 1.29 is 29.3 Å². The summed E-state index contributed by atoms with van der Waals surface area (Å²) < 4.78 is 11.8. The molecule has 12 nitrogen and oxygen atoms in total. The summed E-state index contributed by atoms with van der Waals surface area (Å²) in [5, 5.41) is 26.3. The molecule has 1 saturated heterocycles. The molecule has 2 aromatic carbocycles. The number of hydrogen-bond acceptors (Lipinski definition) is 11. The SMILES string of the molecule is CC(C)(C)OC(=O)C1CN(Cc2ccc(O)c3ncccc23)CCCN(Cc2ccc(O)c3ncccc23)CCNCCCN1C(=O)OC(C)(C)C. The third-order valence-corrected chi connectivity index (χ3v) is 8.89. The Hall–Kier alpha value is -4.52. The van der Waals surface area contributed by atoms with E-state index in [1.165, 1.54) is 4.90 Å². The molecule has 3 heterocycles. The quantitative estimate of drug-likeness (QED) is 0.215. The van der Waals surface area contributed by atoms with Gasteiger partial charge in [-0.2, -0.15) is 0 Å². The molecule has 1 unspecified atom stereocenters. The standard InChI is InChI=1S/C40H54N6O6/c1-39(2,3)51-37(49)32-27-45(26-29-14-16-34(48)36-31(29)12-8-19-43-36)22-10-21-44(25-28-13-15-33(47)35-30(28)11-7-18-42-35)24-20-41-17-9-23-46(32)38(50)52-40(4,5)6/h7-8,11-16,18-19,32,41,47-48H,9-10,17,20-27H2,1-6H3. The zero-order valence-electron chi connectivity index (χ0n) is 31.4. The molecule has 0 radical (unpaired) electrons. The predicted molar refractivity (Wildman–Crippen MR) is 202 cm³/mol. The zero-order valence-corrected chi connectivity index (χ0v) is 31.4. The van der Waals surface area contributed by atoms with Crippen LogP contribution in [0.3, 0.4) is 0 Å². The first kappa shape index (κ1) is 38.7. The minimum Gasteiger partial charge on any atom is -0.506 e. The number of nitrogens with one attached hydrogen (secondary N) is 1. The van der Waals surface area contributed by atoms with Gasteiger partial charge in [0.05, 0.1) is 0 Å². The highest BCUT2D eigenvalue weighted by Crippen LogP contribution is 2.28. The molecule has 5 rings (SSSR count). The van der Waals surface area contributed by atoms with Gasteiger partial charge in [-0.15, -0.1) is 0 Å². The normalized spacial score (nSPS) is 17.9. The van der Waals surface area contributed by atoms with E-state index < -0.39 is 29.3 Å². The van der Waals surface area contributed by atoms with Gasteiger partial charge in [0, 0.05) is 62.4 Å². The van der Waals surface area contributed by atoms with Crippen molar-refractivity contribution in [1.82, 2.24) is 30.0 Å². The number of ether oxygens (including phenoxy) is 2. The number of benzene rings is 2. The number of carbonyl (C=O) groups excluding carboxylic acids is 2. The van der Waals surface area contributed by atoms with Gasteiger partial charge in [-0.05, 0) is 109 Å². The number of pyridine rings is 2. The van der Waals surface area contributed by atoms with Crippen molar-refractivity contribution in [3.05, 3.63) is 72.1 Å². The van der Waals surface area contributed by atoms with Crippen LogP contribution in [-0.2, 0) is 27.4 Å². The maximum absolute atomic E-state index is 14.1. The second kappa shape index (κ2) is 16.9. The first-order valence-corrected chi connectivity index (χ1v) is 18.2. The van der Waals surface area contributed by atoms with Gasteiger partial charge in [-0.1, -0.05) is 24.3 Å². The molecule has 2 aromatic heterocycles. The van der Waals surface area contributed by atoms with Crippen LogP contribution in [0.1, 0.15) is 65.5 Å².